The molecule has 0 spiro atoms. The highest BCUT2D eigenvalue weighted by atomic mass is 35.5. The Hall–Kier alpha value is -3.85. The Morgan fingerprint density at radius 2 is 1.40 bits per heavy atom. The van der Waals surface area contributed by atoms with E-state index >= 15 is 0 Å². The van der Waals surface area contributed by atoms with Gasteiger partial charge in [0.1, 0.15) is 12.6 Å². The van der Waals surface area contributed by atoms with Gasteiger partial charge in [-0.2, -0.15) is 0 Å². The molecule has 4 rings (SSSR count). The van der Waals surface area contributed by atoms with E-state index in [-0.39, 0.29) is 34.5 Å². The second-order valence-corrected chi connectivity index (χ2v) is 14.6. The maximum absolute atomic E-state index is 14.5. The number of carbonyl (C=O) groups excluding carboxylic acids is 2. The molecule has 1 N–H and O–H groups in total. The summed E-state index contributed by atoms with van der Waals surface area (Å²) in [4.78, 5) is 29.9. The van der Waals surface area contributed by atoms with Crippen LogP contribution in [-0.4, -0.2) is 43.3 Å². The minimum Gasteiger partial charge on any atom is -0.350 e. The normalized spacial score (nSPS) is 12.3. The number of sulfonamides is 1. The Bertz CT molecular complexity index is 1720. The van der Waals surface area contributed by atoms with Crippen LogP contribution in [0.25, 0.3) is 0 Å². The number of rotatable bonds is 11. The van der Waals surface area contributed by atoms with Crippen molar-refractivity contribution in [3.05, 3.63) is 130 Å². The van der Waals surface area contributed by atoms with E-state index < -0.39 is 34.1 Å². The third kappa shape index (κ3) is 9.10. The van der Waals surface area contributed by atoms with E-state index in [9.17, 15) is 18.0 Å². The fourth-order valence-electron chi connectivity index (χ4n) is 4.80. The Balaban J connectivity index is 1.82. The molecule has 1 atom stereocenters. The van der Waals surface area contributed by atoms with Gasteiger partial charge in [0.2, 0.25) is 11.8 Å². The first kappa shape index (κ1) is 34.0. The van der Waals surface area contributed by atoms with E-state index in [1.54, 1.807) is 60.7 Å². The fraction of sp³-hybridized carbons (Fsp3) is 0.257. The molecule has 0 aliphatic heterocycles. The van der Waals surface area contributed by atoms with Gasteiger partial charge in [0.05, 0.1) is 15.6 Å². The van der Waals surface area contributed by atoms with Crippen molar-refractivity contribution in [3.63, 3.8) is 0 Å². The second kappa shape index (κ2) is 14.5. The summed E-state index contributed by atoms with van der Waals surface area (Å²) in [7, 11) is -4.25. The van der Waals surface area contributed by atoms with Crippen LogP contribution in [0.15, 0.2) is 108 Å². The summed E-state index contributed by atoms with van der Waals surface area (Å²) in [5.41, 5.74) is 2.02. The summed E-state index contributed by atoms with van der Waals surface area (Å²) in [6, 6.07) is 28.2. The molecular formula is C35H37Cl2N3O4S. The molecular weight excluding hydrogens is 629 g/mol. The molecule has 0 saturated heterocycles. The maximum atomic E-state index is 14.5. The molecule has 0 aliphatic carbocycles. The van der Waals surface area contributed by atoms with Crippen LogP contribution >= 0.6 is 23.2 Å². The number of amides is 2. The molecule has 2 amide bonds. The maximum Gasteiger partial charge on any atom is 0.264 e. The monoisotopic (exact) mass is 665 g/mol. The van der Waals surface area contributed by atoms with Crippen LogP contribution in [0.4, 0.5) is 5.69 Å². The third-order valence-electron chi connectivity index (χ3n) is 7.04. The lowest BCUT2D eigenvalue weighted by Crippen LogP contribution is -2.56. The van der Waals surface area contributed by atoms with Crippen molar-refractivity contribution in [2.45, 2.75) is 57.1 Å². The number of benzene rings is 4. The van der Waals surface area contributed by atoms with Crippen molar-refractivity contribution >= 4 is 50.7 Å². The Labute approximate surface area is 275 Å². The number of para-hydroxylation sites is 1. The number of aryl methyl sites for hydroxylation is 1. The van der Waals surface area contributed by atoms with Crippen LogP contribution in [0.2, 0.25) is 10.0 Å². The minimum atomic E-state index is -4.25. The van der Waals surface area contributed by atoms with Gasteiger partial charge in [0.15, 0.2) is 0 Å². The summed E-state index contributed by atoms with van der Waals surface area (Å²) in [6.45, 7) is 6.89. The average molecular weight is 667 g/mol. The van der Waals surface area contributed by atoms with Crippen LogP contribution < -0.4 is 9.62 Å². The molecule has 0 fully saturated rings. The number of halogens is 2. The molecule has 0 unspecified atom stereocenters. The smallest absolute Gasteiger partial charge is 0.264 e. The molecule has 0 radical (unpaired) electrons. The van der Waals surface area contributed by atoms with Crippen LogP contribution in [0.3, 0.4) is 0 Å². The van der Waals surface area contributed by atoms with Crippen molar-refractivity contribution in [2.24, 2.45) is 0 Å². The molecule has 0 saturated carbocycles. The SMILES string of the molecule is Cc1ccc(S(=O)(=O)N(CC(=O)N(Cc2ccc(Cl)cc2)[C@@H](Cc2ccccc2)C(=O)NC(C)(C)C)c2ccccc2Cl)cc1. The first-order valence-corrected chi connectivity index (χ1v) is 16.7. The Morgan fingerprint density at radius 1 is 0.800 bits per heavy atom. The number of hydrogen-bond donors (Lipinski definition) is 1. The lowest BCUT2D eigenvalue weighted by molar-refractivity contribution is -0.140. The first-order chi connectivity index (χ1) is 21.2. The molecule has 0 aromatic heterocycles. The van der Waals surface area contributed by atoms with Gasteiger partial charge < -0.3 is 10.2 Å². The van der Waals surface area contributed by atoms with Crippen LogP contribution in [0, 0.1) is 6.92 Å². The highest BCUT2D eigenvalue weighted by Gasteiger charge is 2.36. The number of hydrogen-bond acceptors (Lipinski definition) is 4. The van der Waals surface area contributed by atoms with E-state index in [2.05, 4.69) is 5.32 Å². The summed E-state index contributed by atoms with van der Waals surface area (Å²) in [6.07, 6.45) is 0.207. The van der Waals surface area contributed by atoms with Gasteiger partial charge in [-0.1, -0.05) is 95.5 Å². The van der Waals surface area contributed by atoms with Gasteiger partial charge in [0.25, 0.3) is 10.0 Å². The van der Waals surface area contributed by atoms with Crippen LogP contribution in [-0.2, 0) is 32.6 Å². The molecule has 0 aliphatic rings. The number of carbonyl (C=O) groups is 2. The van der Waals surface area contributed by atoms with Crippen LogP contribution in [0.5, 0.6) is 0 Å². The summed E-state index contributed by atoms with van der Waals surface area (Å²) in [5, 5.41) is 3.71. The topological polar surface area (TPSA) is 86.8 Å². The van der Waals surface area contributed by atoms with Crippen molar-refractivity contribution < 1.29 is 18.0 Å². The van der Waals surface area contributed by atoms with E-state index in [1.165, 1.54) is 17.0 Å². The highest BCUT2D eigenvalue weighted by Crippen LogP contribution is 2.31. The van der Waals surface area contributed by atoms with Gasteiger partial charge in [-0.25, -0.2) is 8.42 Å². The first-order valence-electron chi connectivity index (χ1n) is 14.5. The molecule has 4 aromatic carbocycles. The molecule has 236 valence electrons. The molecule has 4 aromatic rings. The number of anilines is 1. The predicted molar refractivity (Wildman–Crippen MR) is 181 cm³/mol. The van der Waals surface area contributed by atoms with E-state index in [0.717, 1.165) is 21.0 Å². The molecule has 45 heavy (non-hydrogen) atoms. The summed E-state index contributed by atoms with van der Waals surface area (Å²) >= 11 is 12.7. The van der Waals surface area contributed by atoms with Crippen molar-refractivity contribution in [2.75, 3.05) is 10.8 Å². The van der Waals surface area contributed by atoms with Gasteiger partial charge in [-0.15, -0.1) is 0 Å². The molecule has 0 heterocycles. The number of nitrogens with zero attached hydrogens (tertiary/aromatic N) is 2. The highest BCUT2D eigenvalue weighted by molar-refractivity contribution is 7.92. The minimum absolute atomic E-state index is 0.0105. The Morgan fingerprint density at radius 3 is 2.00 bits per heavy atom. The lowest BCUT2D eigenvalue weighted by atomic mass is 10.0. The lowest BCUT2D eigenvalue weighted by Gasteiger charge is -2.35. The zero-order chi connectivity index (χ0) is 32.8. The van der Waals surface area contributed by atoms with Gasteiger partial charge >= 0.3 is 0 Å². The van der Waals surface area contributed by atoms with Crippen LogP contribution in [0.1, 0.15) is 37.5 Å². The van der Waals surface area contributed by atoms with Crippen molar-refractivity contribution in [3.8, 4) is 0 Å². The van der Waals surface area contributed by atoms with Gasteiger partial charge in [-0.05, 0) is 75.2 Å². The largest absolute Gasteiger partial charge is 0.350 e. The Kier molecular flexibility index (Phi) is 11.0. The quantitative estimate of drug-likeness (QED) is 0.186. The average Bonchev–Trinajstić information content (AvgIpc) is 2.99. The van der Waals surface area contributed by atoms with Gasteiger partial charge in [-0.3, -0.25) is 13.9 Å². The third-order valence-corrected chi connectivity index (χ3v) is 9.39. The van der Waals surface area contributed by atoms with E-state index in [0.29, 0.717) is 5.02 Å². The standard InChI is InChI=1S/C35H37Cl2N3O4S/c1-25-14-20-29(21-15-25)45(43,44)40(31-13-9-8-12-30(31)37)24-33(41)39(23-27-16-18-28(36)19-17-27)32(34(42)38-35(2,3)4)22-26-10-6-5-7-11-26/h5-21,32H,22-24H2,1-4H3,(H,38,42)/t32-/m0/s1. The molecule has 7 nitrogen and oxygen atoms in total. The van der Waals surface area contributed by atoms with Gasteiger partial charge in [0, 0.05) is 23.5 Å². The van der Waals surface area contributed by atoms with E-state index in [1.807, 2.05) is 58.0 Å². The van der Waals surface area contributed by atoms with Crippen molar-refractivity contribution in [1.82, 2.24) is 10.2 Å². The zero-order valence-corrected chi connectivity index (χ0v) is 28.0. The number of nitrogens with one attached hydrogen (secondary N) is 1. The summed E-state index contributed by atoms with van der Waals surface area (Å²) < 4.78 is 29.3. The summed E-state index contributed by atoms with van der Waals surface area (Å²) in [5.74, 6) is -0.940. The molecule has 0 bridgehead atoms. The fourth-order valence-corrected chi connectivity index (χ4v) is 6.65. The zero-order valence-electron chi connectivity index (χ0n) is 25.7. The predicted octanol–water partition coefficient (Wildman–Crippen LogP) is 7.05. The molecule has 10 heteroatoms. The van der Waals surface area contributed by atoms with E-state index in [4.69, 9.17) is 23.2 Å². The second-order valence-electron chi connectivity index (χ2n) is 11.9. The van der Waals surface area contributed by atoms with Crippen molar-refractivity contribution in [1.29, 1.82) is 0 Å².